The van der Waals surface area contributed by atoms with Gasteiger partial charge in [-0.15, -0.1) is 0 Å². The second-order valence-electron chi connectivity index (χ2n) is 8.64. The predicted octanol–water partition coefficient (Wildman–Crippen LogP) is 1.56. The van der Waals surface area contributed by atoms with Gasteiger partial charge in [-0.05, 0) is 50.7 Å². The van der Waals surface area contributed by atoms with Crippen molar-refractivity contribution in [2.75, 3.05) is 51.7 Å². The summed E-state index contributed by atoms with van der Waals surface area (Å²) < 4.78 is 11.0. The number of carbonyl (C=O) groups is 2. The first-order valence-electron chi connectivity index (χ1n) is 11.0. The minimum absolute atomic E-state index is 0.0973. The predicted molar refractivity (Wildman–Crippen MR) is 112 cm³/mol. The number of aromatic nitrogens is 1. The lowest BCUT2D eigenvalue weighted by Gasteiger charge is -2.52. The highest BCUT2D eigenvalue weighted by Gasteiger charge is 2.54. The van der Waals surface area contributed by atoms with E-state index < -0.39 is 5.41 Å². The van der Waals surface area contributed by atoms with Gasteiger partial charge in [0.2, 0.25) is 0 Å². The Bertz CT molecular complexity index is 765. The van der Waals surface area contributed by atoms with Crippen LogP contribution in [0.5, 0.6) is 0 Å². The van der Waals surface area contributed by atoms with E-state index in [0.717, 1.165) is 52.0 Å². The van der Waals surface area contributed by atoms with Crippen LogP contribution in [0.4, 0.5) is 5.82 Å². The zero-order valence-electron chi connectivity index (χ0n) is 17.7. The molecule has 4 rings (SSSR count). The Morgan fingerprint density at radius 1 is 1.27 bits per heavy atom. The smallest absolute Gasteiger partial charge is 0.314 e. The average molecular weight is 417 g/mol. The molecule has 30 heavy (non-hydrogen) atoms. The third-order valence-corrected chi connectivity index (χ3v) is 7.05. The summed E-state index contributed by atoms with van der Waals surface area (Å²) in [5, 5.41) is 0. The number of hydrogen-bond acceptors (Lipinski definition) is 7. The molecule has 2 aliphatic heterocycles. The minimum atomic E-state index is -0.617. The maximum Gasteiger partial charge on any atom is 0.314 e. The number of fused-ring (bicyclic) bond motifs is 1. The second kappa shape index (κ2) is 8.89. The van der Waals surface area contributed by atoms with Crippen LogP contribution in [0.25, 0.3) is 0 Å². The molecule has 3 atom stereocenters. The Balaban J connectivity index is 1.52. The van der Waals surface area contributed by atoms with Crippen LogP contribution in [0.15, 0.2) is 18.3 Å². The Morgan fingerprint density at radius 2 is 2.07 bits per heavy atom. The highest BCUT2D eigenvalue weighted by Crippen LogP contribution is 2.48. The van der Waals surface area contributed by atoms with Gasteiger partial charge >= 0.3 is 5.97 Å². The molecule has 1 aromatic rings. The van der Waals surface area contributed by atoms with Gasteiger partial charge in [-0.1, -0.05) is 0 Å². The number of anilines is 1. The molecule has 2 N–H and O–H groups in total. The molecule has 1 saturated carbocycles. The number of pyridine rings is 1. The van der Waals surface area contributed by atoms with Gasteiger partial charge in [0, 0.05) is 38.4 Å². The molecule has 0 aromatic carbocycles. The van der Waals surface area contributed by atoms with Gasteiger partial charge in [0.15, 0.2) is 0 Å². The lowest BCUT2D eigenvalue weighted by Crippen LogP contribution is -2.59. The van der Waals surface area contributed by atoms with Crippen LogP contribution in [0.2, 0.25) is 0 Å². The average Bonchev–Trinajstić information content (AvgIpc) is 2.79. The lowest BCUT2D eigenvalue weighted by molar-refractivity contribution is -0.168. The Morgan fingerprint density at radius 3 is 2.77 bits per heavy atom. The topological polar surface area (TPSA) is 98.0 Å². The first-order valence-corrected chi connectivity index (χ1v) is 11.0. The molecule has 1 aromatic heterocycles. The quantitative estimate of drug-likeness (QED) is 0.744. The first-order chi connectivity index (χ1) is 14.5. The molecule has 0 spiro atoms. The zero-order chi connectivity index (χ0) is 21.1. The summed E-state index contributed by atoms with van der Waals surface area (Å²) in [5.41, 5.74) is 5.54. The van der Waals surface area contributed by atoms with Crippen molar-refractivity contribution < 1.29 is 19.1 Å². The van der Waals surface area contributed by atoms with Gasteiger partial charge in [-0.2, -0.15) is 0 Å². The summed E-state index contributed by atoms with van der Waals surface area (Å²) in [5.74, 6) is 0.365. The second-order valence-corrected chi connectivity index (χ2v) is 8.64. The maximum absolute atomic E-state index is 13.2. The third-order valence-electron chi connectivity index (χ3n) is 7.05. The number of nitrogen functional groups attached to an aromatic ring is 1. The van der Waals surface area contributed by atoms with Gasteiger partial charge in [0.05, 0.1) is 30.8 Å². The van der Waals surface area contributed by atoms with Crippen molar-refractivity contribution in [3.05, 3.63) is 23.9 Å². The molecule has 3 aliphatic rings. The molecule has 3 heterocycles. The van der Waals surface area contributed by atoms with Gasteiger partial charge in [-0.25, -0.2) is 4.98 Å². The van der Waals surface area contributed by atoms with E-state index in [2.05, 4.69) is 9.88 Å². The molecular weight excluding hydrogens is 384 g/mol. The number of nitrogens with two attached hydrogens (primary N) is 1. The normalized spacial score (nSPS) is 29.8. The van der Waals surface area contributed by atoms with Crippen LogP contribution in [0.3, 0.4) is 0 Å². The molecule has 0 bridgehead atoms. The van der Waals surface area contributed by atoms with Crippen LogP contribution in [-0.2, 0) is 14.3 Å². The van der Waals surface area contributed by atoms with Crippen molar-refractivity contribution in [3.63, 3.8) is 0 Å². The fourth-order valence-electron chi connectivity index (χ4n) is 5.40. The largest absolute Gasteiger partial charge is 0.466 e. The fourth-order valence-corrected chi connectivity index (χ4v) is 5.40. The lowest BCUT2D eigenvalue weighted by atomic mass is 9.61. The number of morpholine rings is 1. The van der Waals surface area contributed by atoms with E-state index in [-0.39, 0.29) is 17.8 Å². The summed E-state index contributed by atoms with van der Waals surface area (Å²) in [7, 11) is 0. The number of hydrogen-bond donors (Lipinski definition) is 1. The number of esters is 1. The molecule has 0 radical (unpaired) electrons. The molecule has 164 valence electrons. The number of amides is 1. The number of piperidine rings is 1. The SMILES string of the molecule is CCOC(=O)[C@@]12CC[C@@H](N3CCOCC3)C[C@H]1CCN(C(=O)c1ccc(N)nc1)C2. The first kappa shape index (κ1) is 21.1. The van der Waals surface area contributed by atoms with Crippen LogP contribution < -0.4 is 5.73 Å². The molecule has 3 fully saturated rings. The molecule has 1 amide bonds. The van der Waals surface area contributed by atoms with Crippen molar-refractivity contribution in [1.29, 1.82) is 0 Å². The number of ether oxygens (including phenoxy) is 2. The van der Waals surface area contributed by atoms with Crippen LogP contribution in [-0.4, -0.2) is 78.7 Å². The van der Waals surface area contributed by atoms with Gasteiger partial charge < -0.3 is 20.1 Å². The van der Waals surface area contributed by atoms with Crippen molar-refractivity contribution in [2.24, 2.45) is 11.3 Å². The van der Waals surface area contributed by atoms with E-state index in [0.29, 0.717) is 37.1 Å². The van der Waals surface area contributed by atoms with Crippen molar-refractivity contribution in [3.8, 4) is 0 Å². The van der Waals surface area contributed by atoms with E-state index in [1.807, 2.05) is 6.92 Å². The maximum atomic E-state index is 13.2. The van der Waals surface area contributed by atoms with E-state index in [9.17, 15) is 9.59 Å². The molecule has 8 nitrogen and oxygen atoms in total. The molecule has 1 aliphatic carbocycles. The van der Waals surface area contributed by atoms with E-state index >= 15 is 0 Å². The van der Waals surface area contributed by atoms with Gasteiger partial charge in [0.1, 0.15) is 5.82 Å². The summed E-state index contributed by atoms with van der Waals surface area (Å²) in [6.45, 7) is 6.73. The summed E-state index contributed by atoms with van der Waals surface area (Å²) in [6, 6.07) is 3.81. The van der Waals surface area contributed by atoms with Gasteiger partial charge in [-0.3, -0.25) is 14.5 Å². The number of nitrogens with zero attached hydrogens (tertiary/aromatic N) is 3. The molecule has 2 saturated heterocycles. The highest BCUT2D eigenvalue weighted by molar-refractivity contribution is 5.94. The van der Waals surface area contributed by atoms with E-state index in [1.165, 1.54) is 6.20 Å². The van der Waals surface area contributed by atoms with Crippen LogP contribution >= 0.6 is 0 Å². The summed E-state index contributed by atoms with van der Waals surface area (Å²) in [6.07, 6.45) is 5.00. The van der Waals surface area contributed by atoms with Crippen LogP contribution in [0, 0.1) is 11.3 Å². The van der Waals surface area contributed by atoms with Gasteiger partial charge in [0.25, 0.3) is 5.91 Å². The fraction of sp³-hybridized carbons (Fsp3) is 0.682. The summed E-state index contributed by atoms with van der Waals surface area (Å²) >= 11 is 0. The van der Waals surface area contributed by atoms with Crippen molar-refractivity contribution in [2.45, 2.75) is 38.6 Å². The number of likely N-dealkylation sites (tertiary alicyclic amines) is 1. The Hall–Kier alpha value is -2.19. The van der Waals surface area contributed by atoms with Crippen molar-refractivity contribution >= 4 is 17.7 Å². The standard InChI is InChI=1S/C22H32N4O4/c1-2-30-21(28)22-7-5-18(25-9-11-29-12-10-25)13-17(22)6-8-26(15-22)20(27)16-3-4-19(23)24-14-16/h3-4,14,17-18H,2,5-13,15H2,1H3,(H2,23,24)/t17-,18-,22-/m1/s1. The monoisotopic (exact) mass is 416 g/mol. The zero-order valence-corrected chi connectivity index (χ0v) is 17.7. The van der Waals surface area contributed by atoms with Crippen molar-refractivity contribution in [1.82, 2.24) is 14.8 Å². The number of carbonyl (C=O) groups excluding carboxylic acids is 2. The highest BCUT2D eigenvalue weighted by atomic mass is 16.5. The minimum Gasteiger partial charge on any atom is -0.466 e. The molecule has 8 heteroatoms. The van der Waals surface area contributed by atoms with E-state index in [1.54, 1.807) is 17.0 Å². The number of rotatable bonds is 4. The molecule has 0 unspecified atom stereocenters. The Kier molecular flexibility index (Phi) is 6.24. The Labute approximate surface area is 177 Å². The molecular formula is C22H32N4O4. The van der Waals surface area contributed by atoms with E-state index in [4.69, 9.17) is 15.2 Å². The summed E-state index contributed by atoms with van der Waals surface area (Å²) in [4.78, 5) is 34.6. The van der Waals surface area contributed by atoms with Crippen LogP contribution in [0.1, 0.15) is 43.0 Å². The third kappa shape index (κ3) is 4.03.